The number of aromatic nitrogens is 1. The molecule has 0 aliphatic carbocycles. The number of halogens is 3. The second-order valence-electron chi connectivity index (χ2n) is 8.68. The molecule has 0 spiro atoms. The predicted octanol–water partition coefficient (Wildman–Crippen LogP) is 3.53. The van der Waals surface area contributed by atoms with E-state index in [9.17, 15) is 26.4 Å². The number of nitrogens with one attached hydrogen (secondary N) is 3. The third kappa shape index (κ3) is 8.18. The van der Waals surface area contributed by atoms with Gasteiger partial charge in [-0.05, 0) is 76.0 Å². The predicted molar refractivity (Wildman–Crippen MR) is 127 cm³/mol. The summed E-state index contributed by atoms with van der Waals surface area (Å²) >= 11 is 0. The van der Waals surface area contributed by atoms with Crippen molar-refractivity contribution in [1.82, 2.24) is 19.9 Å². The van der Waals surface area contributed by atoms with Gasteiger partial charge in [0.1, 0.15) is 0 Å². The minimum absolute atomic E-state index is 0.0845. The first-order chi connectivity index (χ1) is 16.4. The zero-order valence-electron chi connectivity index (χ0n) is 19.7. The monoisotopic (exact) mass is 513 g/mol. The molecule has 3 rings (SSSR count). The first kappa shape index (κ1) is 26.9. The summed E-state index contributed by atoms with van der Waals surface area (Å²) in [5.74, 6) is 0.0845. The molecule has 2 aromatic rings. The van der Waals surface area contributed by atoms with E-state index in [2.05, 4.69) is 25.2 Å². The molecule has 0 unspecified atom stereocenters. The standard InChI is InChI=1S/C23H30F3N5O3S/c1-16-12-20(13-17(2)29-16)30-22(32)27-8-11-31-9-6-18(7-10-31)15-28-35(33,34)21-5-3-4-19(14-21)23(24,25)26/h3-5,12-14,18,28H,6-11,15H2,1-2H3,(H2,27,29,30,32). The number of alkyl halides is 3. The SMILES string of the molecule is Cc1cc(NC(=O)NCCN2CCC(CNS(=O)(=O)c3cccc(C(F)(F)F)c3)CC2)cc(C)n1. The highest BCUT2D eigenvalue weighted by atomic mass is 32.2. The molecular weight excluding hydrogens is 483 g/mol. The van der Waals surface area contributed by atoms with E-state index in [-0.39, 0.29) is 18.5 Å². The minimum atomic E-state index is -4.61. The van der Waals surface area contributed by atoms with Gasteiger partial charge < -0.3 is 15.5 Å². The highest BCUT2D eigenvalue weighted by Crippen LogP contribution is 2.30. The molecule has 0 radical (unpaired) electrons. The van der Waals surface area contributed by atoms with Crippen molar-refractivity contribution in [3.63, 3.8) is 0 Å². The Hall–Kier alpha value is -2.70. The molecule has 2 amide bonds. The number of hydrogen-bond acceptors (Lipinski definition) is 5. The Balaban J connectivity index is 1.38. The molecule has 1 aromatic carbocycles. The third-order valence-corrected chi connectivity index (χ3v) is 7.22. The number of anilines is 1. The van der Waals surface area contributed by atoms with Crippen LogP contribution in [0, 0.1) is 19.8 Å². The van der Waals surface area contributed by atoms with Crippen LogP contribution in [-0.2, 0) is 16.2 Å². The Morgan fingerprint density at radius 2 is 1.77 bits per heavy atom. The van der Waals surface area contributed by atoms with Crippen LogP contribution < -0.4 is 15.4 Å². The fourth-order valence-electron chi connectivity index (χ4n) is 3.97. The lowest BCUT2D eigenvalue weighted by atomic mass is 9.97. The van der Waals surface area contributed by atoms with Crippen LogP contribution in [0.4, 0.5) is 23.7 Å². The maximum absolute atomic E-state index is 12.9. The lowest BCUT2D eigenvalue weighted by molar-refractivity contribution is -0.137. The molecule has 1 saturated heterocycles. The van der Waals surface area contributed by atoms with Crippen LogP contribution in [0.3, 0.4) is 0 Å². The molecule has 0 atom stereocenters. The van der Waals surface area contributed by atoms with Crippen LogP contribution in [0.1, 0.15) is 29.8 Å². The van der Waals surface area contributed by atoms with E-state index in [1.54, 1.807) is 12.1 Å². The van der Waals surface area contributed by atoms with E-state index in [1.165, 1.54) is 0 Å². The van der Waals surface area contributed by atoms with E-state index in [1.807, 2.05) is 13.8 Å². The first-order valence-electron chi connectivity index (χ1n) is 11.3. The van der Waals surface area contributed by atoms with Crippen molar-refractivity contribution in [1.29, 1.82) is 0 Å². The largest absolute Gasteiger partial charge is 0.416 e. The summed E-state index contributed by atoms with van der Waals surface area (Å²) < 4.78 is 66.0. The summed E-state index contributed by atoms with van der Waals surface area (Å²) in [6, 6.07) is 7.01. The number of hydrogen-bond donors (Lipinski definition) is 3. The number of pyridine rings is 1. The zero-order valence-corrected chi connectivity index (χ0v) is 20.5. The van der Waals surface area contributed by atoms with Gasteiger partial charge in [0.2, 0.25) is 10.0 Å². The molecule has 2 heterocycles. The van der Waals surface area contributed by atoms with E-state index >= 15 is 0 Å². The number of amides is 2. The third-order valence-electron chi connectivity index (χ3n) is 5.79. The molecule has 0 bridgehead atoms. The number of nitrogens with zero attached hydrogens (tertiary/aromatic N) is 2. The average molecular weight is 514 g/mol. The van der Waals surface area contributed by atoms with E-state index in [0.29, 0.717) is 24.8 Å². The van der Waals surface area contributed by atoms with Crippen molar-refractivity contribution in [2.24, 2.45) is 5.92 Å². The number of carbonyl (C=O) groups excluding carboxylic acids is 1. The molecule has 8 nitrogen and oxygen atoms in total. The van der Waals surface area contributed by atoms with Crippen molar-refractivity contribution in [3.05, 3.63) is 53.3 Å². The van der Waals surface area contributed by atoms with Crippen molar-refractivity contribution in [2.75, 3.05) is 38.0 Å². The van der Waals surface area contributed by atoms with Gasteiger partial charge in [-0.15, -0.1) is 0 Å². The maximum atomic E-state index is 12.9. The highest BCUT2D eigenvalue weighted by Gasteiger charge is 2.32. The molecule has 12 heteroatoms. The number of carbonyl (C=O) groups is 1. The quantitative estimate of drug-likeness (QED) is 0.501. The second kappa shape index (κ2) is 11.4. The van der Waals surface area contributed by atoms with Crippen LogP contribution >= 0.6 is 0 Å². The maximum Gasteiger partial charge on any atom is 0.416 e. The number of aryl methyl sites for hydroxylation is 2. The lowest BCUT2D eigenvalue weighted by Gasteiger charge is -2.32. The number of rotatable bonds is 8. The molecule has 1 aliphatic rings. The smallest absolute Gasteiger partial charge is 0.337 e. The van der Waals surface area contributed by atoms with Crippen molar-refractivity contribution < 1.29 is 26.4 Å². The van der Waals surface area contributed by atoms with E-state index < -0.39 is 26.7 Å². The Labute approximate surface area is 203 Å². The second-order valence-corrected chi connectivity index (χ2v) is 10.4. The Kier molecular flexibility index (Phi) is 8.73. The van der Waals surface area contributed by atoms with Gasteiger partial charge in [-0.1, -0.05) is 6.07 Å². The molecule has 192 valence electrons. The molecule has 3 N–H and O–H groups in total. The fourth-order valence-corrected chi connectivity index (χ4v) is 5.14. The molecule has 1 aromatic heterocycles. The van der Waals surface area contributed by atoms with Crippen molar-refractivity contribution in [2.45, 2.75) is 37.8 Å². The lowest BCUT2D eigenvalue weighted by Crippen LogP contribution is -2.42. The van der Waals surface area contributed by atoms with Gasteiger partial charge in [0.15, 0.2) is 0 Å². The Morgan fingerprint density at radius 3 is 2.40 bits per heavy atom. The summed E-state index contributed by atoms with van der Waals surface area (Å²) in [6.45, 7) is 6.47. The highest BCUT2D eigenvalue weighted by molar-refractivity contribution is 7.89. The van der Waals surface area contributed by atoms with Gasteiger partial charge in [0, 0.05) is 36.7 Å². The summed E-state index contributed by atoms with van der Waals surface area (Å²) in [7, 11) is -4.03. The summed E-state index contributed by atoms with van der Waals surface area (Å²) in [6.07, 6.45) is -3.12. The minimum Gasteiger partial charge on any atom is -0.337 e. The molecular formula is C23H30F3N5O3S. The Bertz CT molecular complexity index is 1110. The van der Waals surface area contributed by atoms with Gasteiger partial charge in [-0.25, -0.2) is 17.9 Å². The summed E-state index contributed by atoms with van der Waals surface area (Å²) in [5, 5.41) is 5.61. The van der Waals surface area contributed by atoms with Crippen molar-refractivity contribution in [3.8, 4) is 0 Å². The molecule has 1 aliphatic heterocycles. The normalized spacial score (nSPS) is 15.7. The van der Waals surface area contributed by atoms with Crippen LogP contribution in [0.15, 0.2) is 41.3 Å². The number of likely N-dealkylation sites (tertiary alicyclic amines) is 1. The van der Waals surface area contributed by atoms with E-state index in [4.69, 9.17) is 0 Å². The van der Waals surface area contributed by atoms with Gasteiger partial charge >= 0.3 is 12.2 Å². The first-order valence-corrected chi connectivity index (χ1v) is 12.8. The molecule has 1 fully saturated rings. The number of sulfonamides is 1. The topological polar surface area (TPSA) is 103 Å². The fraction of sp³-hybridized carbons (Fsp3) is 0.478. The molecule has 35 heavy (non-hydrogen) atoms. The van der Waals surface area contributed by atoms with Gasteiger partial charge in [0.05, 0.1) is 10.5 Å². The zero-order chi connectivity index (χ0) is 25.6. The van der Waals surface area contributed by atoms with Crippen LogP contribution in [0.2, 0.25) is 0 Å². The summed E-state index contributed by atoms with van der Waals surface area (Å²) in [5.41, 5.74) is 1.32. The van der Waals surface area contributed by atoms with Crippen LogP contribution in [0.5, 0.6) is 0 Å². The number of benzene rings is 1. The van der Waals surface area contributed by atoms with Gasteiger partial charge in [0.25, 0.3) is 0 Å². The Morgan fingerprint density at radius 1 is 1.11 bits per heavy atom. The average Bonchev–Trinajstić information content (AvgIpc) is 2.77. The van der Waals surface area contributed by atoms with Crippen LogP contribution in [-0.4, -0.2) is 57.1 Å². The van der Waals surface area contributed by atoms with Gasteiger partial charge in [-0.3, -0.25) is 4.98 Å². The van der Waals surface area contributed by atoms with Crippen LogP contribution in [0.25, 0.3) is 0 Å². The van der Waals surface area contributed by atoms with Gasteiger partial charge in [-0.2, -0.15) is 13.2 Å². The number of urea groups is 1. The molecule has 0 saturated carbocycles. The van der Waals surface area contributed by atoms with Crippen molar-refractivity contribution >= 4 is 21.7 Å². The number of piperidine rings is 1. The summed E-state index contributed by atoms with van der Waals surface area (Å²) in [4.78, 5) is 18.2. The van der Waals surface area contributed by atoms with E-state index in [0.717, 1.165) is 55.5 Å².